The first-order chi connectivity index (χ1) is 16.5. The molecule has 2 N–H and O–H groups in total. The fraction of sp³-hybridized carbons (Fsp3) is 0.423. The number of rotatable bonds is 6. The monoisotopic (exact) mass is 464 g/mol. The maximum atomic E-state index is 12.8. The third-order valence-corrected chi connectivity index (χ3v) is 7.07. The highest BCUT2D eigenvalue weighted by Crippen LogP contribution is 2.44. The number of carbonyl (C=O) groups is 3. The molecule has 8 heteroatoms. The number of hydrogen-bond acceptors (Lipinski definition) is 5. The maximum absolute atomic E-state index is 12.8. The summed E-state index contributed by atoms with van der Waals surface area (Å²) in [5, 5.41) is 12.1. The molecule has 0 saturated carbocycles. The summed E-state index contributed by atoms with van der Waals surface area (Å²) < 4.78 is 11.2. The molecule has 0 aromatic heterocycles. The quantitative estimate of drug-likeness (QED) is 0.681. The first kappa shape index (κ1) is 22.4. The zero-order valence-corrected chi connectivity index (χ0v) is 18.8. The second-order valence-electron chi connectivity index (χ2n) is 9.12. The molecule has 3 atom stereocenters. The van der Waals surface area contributed by atoms with Gasteiger partial charge in [0.05, 0.1) is 18.6 Å². The van der Waals surface area contributed by atoms with Crippen molar-refractivity contribution in [3.8, 4) is 11.1 Å². The molecule has 178 valence electrons. The Bertz CT molecular complexity index is 1060. The molecule has 2 fully saturated rings. The van der Waals surface area contributed by atoms with Crippen LogP contribution in [0.2, 0.25) is 0 Å². The second-order valence-corrected chi connectivity index (χ2v) is 9.12. The summed E-state index contributed by atoms with van der Waals surface area (Å²) in [6.45, 7) is 1.18. The highest BCUT2D eigenvalue weighted by molar-refractivity contribution is 5.86. The Hall–Kier alpha value is -3.39. The smallest absolute Gasteiger partial charge is 0.407 e. The van der Waals surface area contributed by atoms with E-state index < -0.39 is 18.1 Å². The van der Waals surface area contributed by atoms with Crippen LogP contribution < -0.4 is 5.32 Å². The molecular formula is C26H28N2O6. The minimum atomic E-state index is -0.960. The van der Waals surface area contributed by atoms with Crippen molar-refractivity contribution >= 4 is 18.0 Å². The number of benzene rings is 2. The van der Waals surface area contributed by atoms with Crippen LogP contribution in [0.1, 0.15) is 36.3 Å². The topological polar surface area (TPSA) is 105 Å². The molecule has 3 aliphatic rings. The fourth-order valence-electron chi connectivity index (χ4n) is 5.39. The van der Waals surface area contributed by atoms with E-state index in [1.807, 2.05) is 24.3 Å². The Morgan fingerprint density at radius 1 is 1.06 bits per heavy atom. The van der Waals surface area contributed by atoms with Gasteiger partial charge < -0.3 is 24.8 Å². The minimum Gasteiger partial charge on any atom is -0.480 e. The number of carboxylic acids is 1. The van der Waals surface area contributed by atoms with Gasteiger partial charge in [-0.15, -0.1) is 0 Å². The summed E-state index contributed by atoms with van der Waals surface area (Å²) in [5.41, 5.74) is 4.65. The number of likely N-dealkylation sites (tertiary alicyclic amines) is 1. The summed E-state index contributed by atoms with van der Waals surface area (Å²) in [4.78, 5) is 38.0. The maximum Gasteiger partial charge on any atom is 0.407 e. The Balaban J connectivity index is 1.11. The van der Waals surface area contributed by atoms with E-state index in [-0.39, 0.29) is 43.6 Å². The number of nitrogens with one attached hydrogen (secondary N) is 1. The Kier molecular flexibility index (Phi) is 6.24. The molecule has 2 amide bonds. The van der Waals surface area contributed by atoms with Gasteiger partial charge in [0.15, 0.2) is 0 Å². The van der Waals surface area contributed by atoms with E-state index in [9.17, 15) is 19.5 Å². The molecule has 3 unspecified atom stereocenters. The molecule has 2 aliphatic heterocycles. The lowest BCUT2D eigenvalue weighted by molar-refractivity contribution is -0.149. The molecule has 0 radical (unpaired) electrons. The molecule has 0 spiro atoms. The number of amides is 2. The van der Waals surface area contributed by atoms with Gasteiger partial charge in [-0.1, -0.05) is 48.5 Å². The van der Waals surface area contributed by atoms with Gasteiger partial charge >= 0.3 is 12.1 Å². The van der Waals surface area contributed by atoms with Crippen LogP contribution >= 0.6 is 0 Å². The molecule has 2 aromatic carbocycles. The van der Waals surface area contributed by atoms with Crippen LogP contribution in [-0.2, 0) is 19.1 Å². The summed E-state index contributed by atoms with van der Waals surface area (Å²) in [7, 11) is 0. The molecular weight excluding hydrogens is 436 g/mol. The molecule has 1 aliphatic carbocycles. The molecule has 8 nitrogen and oxygen atoms in total. The number of carbonyl (C=O) groups excluding carboxylic acids is 2. The van der Waals surface area contributed by atoms with Gasteiger partial charge in [-0.05, 0) is 41.5 Å². The number of alkyl carbamates (subject to hydrolysis) is 1. The number of nitrogens with zero attached hydrogens (tertiary/aromatic N) is 1. The summed E-state index contributed by atoms with van der Waals surface area (Å²) >= 11 is 0. The average molecular weight is 465 g/mol. The summed E-state index contributed by atoms with van der Waals surface area (Å²) in [6.07, 6.45) is 0.807. The van der Waals surface area contributed by atoms with Crippen molar-refractivity contribution < 1.29 is 29.0 Å². The fourth-order valence-corrected chi connectivity index (χ4v) is 5.39. The second kappa shape index (κ2) is 9.46. The first-order valence-corrected chi connectivity index (χ1v) is 11.8. The number of ether oxygens (including phenoxy) is 2. The third-order valence-electron chi connectivity index (χ3n) is 7.07. The Morgan fingerprint density at radius 2 is 1.74 bits per heavy atom. The number of hydrogen-bond donors (Lipinski definition) is 2. The highest BCUT2D eigenvalue weighted by Gasteiger charge is 2.40. The van der Waals surface area contributed by atoms with Gasteiger partial charge in [0.2, 0.25) is 5.91 Å². The SMILES string of the molecule is O=C(NCC1CC(C(=O)N2CCCC2C(=O)O)CO1)OCC1c2ccccc2-c2ccccc21. The predicted molar refractivity (Wildman–Crippen MR) is 123 cm³/mol. The lowest BCUT2D eigenvalue weighted by atomic mass is 9.98. The van der Waals surface area contributed by atoms with Crippen molar-refractivity contribution in [1.82, 2.24) is 10.2 Å². The summed E-state index contributed by atoms with van der Waals surface area (Å²) in [5.74, 6) is -1.52. The van der Waals surface area contributed by atoms with Gasteiger partial charge in [-0.3, -0.25) is 4.79 Å². The molecule has 0 bridgehead atoms. The van der Waals surface area contributed by atoms with E-state index in [4.69, 9.17) is 9.47 Å². The molecule has 2 heterocycles. The lowest BCUT2D eigenvalue weighted by Gasteiger charge is -2.24. The van der Waals surface area contributed by atoms with Crippen molar-refractivity contribution in [1.29, 1.82) is 0 Å². The molecule has 2 saturated heterocycles. The van der Waals surface area contributed by atoms with E-state index in [0.29, 0.717) is 25.8 Å². The van der Waals surface area contributed by atoms with Crippen LogP contribution in [0.3, 0.4) is 0 Å². The highest BCUT2D eigenvalue weighted by atomic mass is 16.5. The molecule has 2 aromatic rings. The van der Waals surface area contributed by atoms with Crippen molar-refractivity contribution in [2.75, 3.05) is 26.3 Å². The minimum absolute atomic E-state index is 0.00877. The number of aliphatic carboxylic acids is 1. The third kappa shape index (κ3) is 4.25. The van der Waals surface area contributed by atoms with Crippen molar-refractivity contribution in [2.45, 2.75) is 37.3 Å². The van der Waals surface area contributed by atoms with E-state index >= 15 is 0 Å². The zero-order chi connectivity index (χ0) is 23.7. The largest absolute Gasteiger partial charge is 0.480 e. The first-order valence-electron chi connectivity index (χ1n) is 11.8. The van der Waals surface area contributed by atoms with Crippen molar-refractivity contribution in [3.63, 3.8) is 0 Å². The van der Waals surface area contributed by atoms with Crippen LogP contribution in [0.5, 0.6) is 0 Å². The lowest BCUT2D eigenvalue weighted by Crippen LogP contribution is -2.43. The Labute approximate surface area is 197 Å². The number of fused-ring (bicyclic) bond motifs is 3. The van der Waals surface area contributed by atoms with Crippen molar-refractivity contribution in [2.24, 2.45) is 5.92 Å². The number of carboxylic acid groups (broad SMARTS) is 1. The van der Waals surface area contributed by atoms with Gasteiger partial charge in [0, 0.05) is 19.0 Å². The molecule has 34 heavy (non-hydrogen) atoms. The van der Waals surface area contributed by atoms with Crippen LogP contribution in [0.15, 0.2) is 48.5 Å². The van der Waals surface area contributed by atoms with Crippen LogP contribution in [0.4, 0.5) is 4.79 Å². The van der Waals surface area contributed by atoms with Crippen molar-refractivity contribution in [3.05, 3.63) is 59.7 Å². The normalized spacial score (nSPS) is 23.4. The van der Waals surface area contributed by atoms with Gasteiger partial charge in [-0.2, -0.15) is 0 Å². The van der Waals surface area contributed by atoms with E-state index in [0.717, 1.165) is 11.1 Å². The molecule has 5 rings (SSSR count). The van der Waals surface area contributed by atoms with E-state index in [1.54, 1.807) is 0 Å². The standard InChI is InChI=1S/C26H28N2O6/c29-24(28-11-5-10-23(28)25(30)31)16-12-17(33-14-16)13-27-26(32)34-15-22-20-8-3-1-6-18(20)19-7-2-4-9-21(19)22/h1-4,6-9,16-17,22-23H,5,10-15H2,(H,27,32)(H,30,31). The zero-order valence-electron chi connectivity index (χ0n) is 18.8. The van der Waals surface area contributed by atoms with E-state index in [1.165, 1.54) is 16.0 Å². The van der Waals surface area contributed by atoms with Crippen LogP contribution in [0, 0.1) is 5.92 Å². The van der Waals surface area contributed by atoms with Gasteiger partial charge in [0.25, 0.3) is 0 Å². The van der Waals surface area contributed by atoms with Gasteiger partial charge in [0.1, 0.15) is 12.6 Å². The Morgan fingerprint density at radius 3 is 2.41 bits per heavy atom. The van der Waals surface area contributed by atoms with Gasteiger partial charge in [-0.25, -0.2) is 9.59 Å². The van der Waals surface area contributed by atoms with Crippen LogP contribution in [0.25, 0.3) is 11.1 Å². The van der Waals surface area contributed by atoms with E-state index in [2.05, 4.69) is 29.6 Å². The summed E-state index contributed by atoms with van der Waals surface area (Å²) in [6, 6.07) is 15.6. The predicted octanol–water partition coefficient (Wildman–Crippen LogP) is 3.01. The van der Waals surface area contributed by atoms with Crippen LogP contribution in [-0.4, -0.2) is 66.4 Å². The average Bonchev–Trinajstić information content (AvgIpc) is 3.59.